The van der Waals surface area contributed by atoms with Crippen molar-refractivity contribution < 1.29 is 14.3 Å². The molecule has 108 valence electrons. The molecule has 0 spiro atoms. The first kappa shape index (κ1) is 13.8. The lowest BCUT2D eigenvalue weighted by Gasteiger charge is -2.33. The highest BCUT2D eigenvalue weighted by atomic mass is 32.1. The standard InChI is InChI=1S/C16H15NO3S/c1-20-16(19)13-6-8-17(14-5-3-2-4-12(13)14)15(18)11-7-9-21-10-11/h2-5,7,9-10,13H,6,8H2,1H3/t13-/m1/s1. The Hall–Kier alpha value is -2.14. The number of fused-ring (bicyclic) bond motifs is 1. The van der Waals surface area contributed by atoms with Crippen LogP contribution >= 0.6 is 11.3 Å². The minimum atomic E-state index is -0.294. The quantitative estimate of drug-likeness (QED) is 0.801. The van der Waals surface area contributed by atoms with E-state index in [1.54, 1.807) is 4.90 Å². The van der Waals surface area contributed by atoms with Gasteiger partial charge in [0.15, 0.2) is 0 Å². The summed E-state index contributed by atoms with van der Waals surface area (Å²) in [5.74, 6) is -0.560. The lowest BCUT2D eigenvalue weighted by molar-refractivity contribution is -0.142. The molecule has 3 rings (SSSR count). The van der Waals surface area contributed by atoms with Crippen LogP contribution in [0, 0.1) is 0 Å². The number of thiophene rings is 1. The molecule has 0 fully saturated rings. The lowest BCUT2D eigenvalue weighted by Crippen LogP contribution is -2.38. The van der Waals surface area contributed by atoms with E-state index in [9.17, 15) is 9.59 Å². The summed E-state index contributed by atoms with van der Waals surface area (Å²) in [6.45, 7) is 0.519. The highest BCUT2D eigenvalue weighted by molar-refractivity contribution is 7.08. The summed E-state index contributed by atoms with van der Waals surface area (Å²) < 4.78 is 4.87. The molecule has 4 nitrogen and oxygen atoms in total. The van der Waals surface area contributed by atoms with Crippen LogP contribution in [0.4, 0.5) is 5.69 Å². The Morgan fingerprint density at radius 2 is 2.10 bits per heavy atom. The number of esters is 1. The van der Waals surface area contributed by atoms with E-state index in [1.165, 1.54) is 18.4 Å². The van der Waals surface area contributed by atoms with E-state index < -0.39 is 0 Å². The molecule has 0 N–H and O–H groups in total. The van der Waals surface area contributed by atoms with Gasteiger partial charge in [0.05, 0.1) is 18.6 Å². The van der Waals surface area contributed by atoms with Crippen molar-refractivity contribution in [2.24, 2.45) is 0 Å². The van der Waals surface area contributed by atoms with Gasteiger partial charge in [-0.2, -0.15) is 11.3 Å². The Morgan fingerprint density at radius 1 is 1.29 bits per heavy atom. The minimum absolute atomic E-state index is 0.0213. The van der Waals surface area contributed by atoms with Gasteiger partial charge >= 0.3 is 5.97 Å². The largest absolute Gasteiger partial charge is 0.469 e. The number of carbonyl (C=O) groups excluding carboxylic acids is 2. The second-order valence-corrected chi connectivity index (χ2v) is 5.67. The highest BCUT2D eigenvalue weighted by Crippen LogP contribution is 2.36. The zero-order valence-corrected chi connectivity index (χ0v) is 12.4. The fourth-order valence-electron chi connectivity index (χ4n) is 2.70. The van der Waals surface area contributed by atoms with E-state index >= 15 is 0 Å². The molecule has 0 radical (unpaired) electrons. The predicted octanol–water partition coefficient (Wildman–Crippen LogP) is 3.06. The number of ether oxygens (including phenoxy) is 1. The molecule has 2 aromatic rings. The molecule has 1 aromatic carbocycles. The van der Waals surface area contributed by atoms with Crippen LogP contribution in [0.3, 0.4) is 0 Å². The van der Waals surface area contributed by atoms with Crippen LogP contribution in [0.15, 0.2) is 41.1 Å². The van der Waals surface area contributed by atoms with Gasteiger partial charge < -0.3 is 9.64 Å². The number of methoxy groups -OCH3 is 1. The van der Waals surface area contributed by atoms with Gasteiger partial charge in [-0.25, -0.2) is 0 Å². The van der Waals surface area contributed by atoms with Gasteiger partial charge in [-0.05, 0) is 29.5 Å². The molecule has 1 amide bonds. The smallest absolute Gasteiger partial charge is 0.313 e. The first-order chi connectivity index (χ1) is 10.2. The van der Waals surface area contributed by atoms with Crippen LogP contribution in [0.2, 0.25) is 0 Å². The Morgan fingerprint density at radius 3 is 2.81 bits per heavy atom. The number of carbonyl (C=O) groups is 2. The van der Waals surface area contributed by atoms with Gasteiger partial charge in [-0.15, -0.1) is 0 Å². The van der Waals surface area contributed by atoms with E-state index in [0.717, 1.165) is 11.3 Å². The number of para-hydroxylation sites is 1. The van der Waals surface area contributed by atoms with Gasteiger partial charge in [0, 0.05) is 17.6 Å². The molecule has 2 heterocycles. The molecular weight excluding hydrogens is 286 g/mol. The van der Waals surface area contributed by atoms with E-state index in [1.807, 2.05) is 41.1 Å². The summed E-state index contributed by atoms with van der Waals surface area (Å²) >= 11 is 1.50. The Kier molecular flexibility index (Phi) is 3.75. The first-order valence-corrected chi connectivity index (χ1v) is 7.67. The fourth-order valence-corrected chi connectivity index (χ4v) is 3.33. The summed E-state index contributed by atoms with van der Waals surface area (Å²) in [6.07, 6.45) is 0.583. The maximum absolute atomic E-state index is 12.6. The van der Waals surface area contributed by atoms with Gasteiger partial charge in [0.25, 0.3) is 5.91 Å². The third-order valence-electron chi connectivity index (χ3n) is 3.74. The third kappa shape index (κ3) is 2.45. The maximum Gasteiger partial charge on any atom is 0.313 e. The third-order valence-corrected chi connectivity index (χ3v) is 4.43. The topological polar surface area (TPSA) is 46.6 Å². The molecule has 1 aliphatic heterocycles. The van der Waals surface area contributed by atoms with Crippen LogP contribution in [0.5, 0.6) is 0 Å². The molecule has 0 aliphatic carbocycles. The van der Waals surface area contributed by atoms with Crippen molar-refractivity contribution >= 4 is 28.9 Å². The second-order valence-electron chi connectivity index (χ2n) is 4.89. The van der Waals surface area contributed by atoms with Gasteiger partial charge in [0.1, 0.15) is 0 Å². The molecular formula is C16H15NO3S. The molecule has 0 saturated carbocycles. The summed E-state index contributed by atoms with van der Waals surface area (Å²) in [7, 11) is 1.40. The van der Waals surface area contributed by atoms with E-state index in [-0.39, 0.29) is 17.8 Å². The molecule has 1 aromatic heterocycles. The summed E-state index contributed by atoms with van der Waals surface area (Å²) in [4.78, 5) is 26.2. The van der Waals surface area contributed by atoms with E-state index in [0.29, 0.717) is 18.5 Å². The molecule has 1 atom stereocenters. The molecule has 0 unspecified atom stereocenters. The number of hydrogen-bond acceptors (Lipinski definition) is 4. The van der Waals surface area contributed by atoms with Crippen molar-refractivity contribution in [1.82, 2.24) is 0 Å². The van der Waals surface area contributed by atoms with Crippen LogP contribution in [0.1, 0.15) is 28.3 Å². The lowest BCUT2D eigenvalue weighted by atomic mass is 9.89. The minimum Gasteiger partial charge on any atom is -0.469 e. The first-order valence-electron chi connectivity index (χ1n) is 6.73. The summed E-state index contributed by atoms with van der Waals surface area (Å²) in [5.41, 5.74) is 2.35. The van der Waals surface area contributed by atoms with Crippen LogP contribution in [-0.4, -0.2) is 25.5 Å². The van der Waals surface area contributed by atoms with Crippen molar-refractivity contribution in [3.63, 3.8) is 0 Å². The number of rotatable bonds is 2. The maximum atomic E-state index is 12.6. The SMILES string of the molecule is COC(=O)[C@@H]1CCN(C(=O)c2ccsc2)c2ccccc21. The van der Waals surface area contributed by atoms with Gasteiger partial charge in [-0.1, -0.05) is 18.2 Å². The van der Waals surface area contributed by atoms with Crippen LogP contribution in [0.25, 0.3) is 0 Å². The average Bonchev–Trinajstić information content (AvgIpc) is 3.07. The monoisotopic (exact) mass is 301 g/mol. The van der Waals surface area contributed by atoms with Gasteiger partial charge in [0.2, 0.25) is 0 Å². The average molecular weight is 301 g/mol. The van der Waals surface area contributed by atoms with Crippen molar-refractivity contribution in [2.45, 2.75) is 12.3 Å². The van der Waals surface area contributed by atoms with Crippen molar-refractivity contribution in [3.8, 4) is 0 Å². The van der Waals surface area contributed by atoms with Crippen LogP contribution < -0.4 is 4.90 Å². The summed E-state index contributed by atoms with van der Waals surface area (Å²) in [6, 6.07) is 9.36. The normalized spacial score (nSPS) is 17.2. The van der Waals surface area contributed by atoms with E-state index in [2.05, 4.69) is 0 Å². The van der Waals surface area contributed by atoms with Gasteiger partial charge in [-0.3, -0.25) is 9.59 Å². The molecule has 1 aliphatic rings. The zero-order chi connectivity index (χ0) is 14.8. The Bertz CT molecular complexity index is 666. The number of benzene rings is 1. The van der Waals surface area contributed by atoms with E-state index in [4.69, 9.17) is 4.74 Å². The zero-order valence-electron chi connectivity index (χ0n) is 11.6. The van der Waals surface area contributed by atoms with Crippen molar-refractivity contribution in [1.29, 1.82) is 0 Å². The Balaban J connectivity index is 1.98. The van der Waals surface area contributed by atoms with Crippen LogP contribution in [-0.2, 0) is 9.53 Å². The number of nitrogens with zero attached hydrogens (tertiary/aromatic N) is 1. The number of anilines is 1. The second kappa shape index (κ2) is 5.69. The number of hydrogen-bond donors (Lipinski definition) is 0. The molecule has 0 bridgehead atoms. The molecule has 5 heteroatoms. The van der Waals surface area contributed by atoms with Crippen molar-refractivity contribution in [2.75, 3.05) is 18.6 Å². The fraction of sp³-hybridized carbons (Fsp3) is 0.250. The summed E-state index contributed by atoms with van der Waals surface area (Å²) in [5, 5.41) is 3.73. The Labute approximate surface area is 127 Å². The van der Waals surface area contributed by atoms with Crippen molar-refractivity contribution in [3.05, 3.63) is 52.2 Å². The number of amides is 1. The predicted molar refractivity (Wildman–Crippen MR) is 81.8 cm³/mol. The molecule has 21 heavy (non-hydrogen) atoms. The highest BCUT2D eigenvalue weighted by Gasteiger charge is 2.33. The molecule has 0 saturated heterocycles.